The minimum atomic E-state index is -3.64. The summed E-state index contributed by atoms with van der Waals surface area (Å²) in [6, 6.07) is 9.05. The van der Waals surface area contributed by atoms with Gasteiger partial charge in [-0.15, -0.1) is 0 Å². The number of methoxy groups -OCH3 is 1. The van der Waals surface area contributed by atoms with E-state index in [9.17, 15) is 13.2 Å². The molecule has 1 aromatic rings. The quantitative estimate of drug-likeness (QED) is 0.678. The van der Waals surface area contributed by atoms with Crippen LogP contribution in [0.2, 0.25) is 0 Å². The fraction of sp³-hybridized carbons (Fsp3) is 0.562. The Hall–Kier alpha value is -1.44. The molecule has 0 saturated carbocycles. The van der Waals surface area contributed by atoms with Gasteiger partial charge in [0.2, 0.25) is 10.0 Å². The molecule has 0 fully saturated rings. The first-order valence-corrected chi connectivity index (χ1v) is 9.18. The van der Waals surface area contributed by atoms with Crippen LogP contribution in [0.15, 0.2) is 30.3 Å². The Morgan fingerprint density at radius 1 is 1.26 bits per heavy atom. The number of aliphatic carboxylic acids is 1. The lowest BCUT2D eigenvalue weighted by Gasteiger charge is -2.18. The highest BCUT2D eigenvalue weighted by molar-refractivity contribution is 7.89. The highest BCUT2D eigenvalue weighted by Crippen LogP contribution is 2.18. The van der Waals surface area contributed by atoms with E-state index in [0.717, 1.165) is 5.56 Å². The van der Waals surface area contributed by atoms with Crippen molar-refractivity contribution in [2.45, 2.75) is 26.4 Å². The first-order chi connectivity index (χ1) is 10.7. The largest absolute Gasteiger partial charge is 0.481 e. The normalized spacial score (nSPS) is 14.6. The Morgan fingerprint density at radius 3 is 2.35 bits per heavy atom. The maximum atomic E-state index is 12.2. The van der Waals surface area contributed by atoms with Crippen LogP contribution in [0.5, 0.6) is 0 Å². The van der Waals surface area contributed by atoms with Crippen LogP contribution >= 0.6 is 0 Å². The van der Waals surface area contributed by atoms with E-state index in [1.165, 1.54) is 7.11 Å². The number of rotatable bonds is 10. The minimum Gasteiger partial charge on any atom is -0.481 e. The van der Waals surface area contributed by atoms with Crippen molar-refractivity contribution in [3.8, 4) is 0 Å². The summed E-state index contributed by atoms with van der Waals surface area (Å²) in [7, 11) is -2.19. The Balaban J connectivity index is 2.69. The van der Waals surface area contributed by atoms with Crippen LogP contribution < -0.4 is 4.72 Å². The SMILES string of the molecule is COC(CS(=O)(=O)NCC(CC(C)C)C(=O)O)c1ccccc1. The molecule has 0 aliphatic heterocycles. The lowest BCUT2D eigenvalue weighted by atomic mass is 9.98. The molecule has 23 heavy (non-hydrogen) atoms. The van der Waals surface area contributed by atoms with Crippen molar-refractivity contribution >= 4 is 16.0 Å². The van der Waals surface area contributed by atoms with Crippen molar-refractivity contribution in [3.63, 3.8) is 0 Å². The molecule has 6 nitrogen and oxygen atoms in total. The second-order valence-electron chi connectivity index (χ2n) is 5.93. The first kappa shape index (κ1) is 19.6. The van der Waals surface area contributed by atoms with Crippen molar-refractivity contribution in [2.75, 3.05) is 19.4 Å². The van der Waals surface area contributed by atoms with Gasteiger partial charge < -0.3 is 9.84 Å². The predicted octanol–water partition coefficient (Wildman–Crippen LogP) is 2.04. The van der Waals surface area contributed by atoms with Crippen molar-refractivity contribution in [1.82, 2.24) is 4.72 Å². The molecular formula is C16H25NO5S. The molecule has 1 aromatic carbocycles. The van der Waals surface area contributed by atoms with Gasteiger partial charge in [-0.25, -0.2) is 13.1 Å². The zero-order chi connectivity index (χ0) is 17.5. The average Bonchev–Trinajstić information content (AvgIpc) is 2.49. The monoisotopic (exact) mass is 343 g/mol. The van der Waals surface area contributed by atoms with Crippen LogP contribution in [0.3, 0.4) is 0 Å². The maximum absolute atomic E-state index is 12.2. The number of carboxylic acid groups (broad SMARTS) is 1. The maximum Gasteiger partial charge on any atom is 0.307 e. The molecule has 0 aliphatic carbocycles. The van der Waals surface area contributed by atoms with E-state index in [-0.39, 0.29) is 18.2 Å². The van der Waals surface area contributed by atoms with Crippen molar-refractivity contribution in [3.05, 3.63) is 35.9 Å². The van der Waals surface area contributed by atoms with Gasteiger partial charge in [0.1, 0.15) is 0 Å². The highest BCUT2D eigenvalue weighted by Gasteiger charge is 2.24. The molecule has 0 amide bonds. The molecule has 7 heteroatoms. The predicted molar refractivity (Wildman–Crippen MR) is 88.6 cm³/mol. The molecule has 2 atom stereocenters. The van der Waals surface area contributed by atoms with Gasteiger partial charge in [-0.05, 0) is 17.9 Å². The Kier molecular flexibility index (Phi) is 7.67. The van der Waals surface area contributed by atoms with E-state index in [1.807, 2.05) is 32.0 Å². The van der Waals surface area contributed by atoms with E-state index in [0.29, 0.717) is 6.42 Å². The molecule has 0 spiro atoms. The van der Waals surface area contributed by atoms with Gasteiger partial charge >= 0.3 is 5.97 Å². The second kappa shape index (κ2) is 9.00. The van der Waals surface area contributed by atoms with E-state index < -0.39 is 28.0 Å². The highest BCUT2D eigenvalue weighted by atomic mass is 32.2. The van der Waals surface area contributed by atoms with E-state index >= 15 is 0 Å². The van der Waals surface area contributed by atoms with Gasteiger partial charge in [0.05, 0.1) is 17.8 Å². The molecule has 130 valence electrons. The van der Waals surface area contributed by atoms with E-state index in [4.69, 9.17) is 9.84 Å². The molecular weight excluding hydrogens is 318 g/mol. The van der Waals surface area contributed by atoms with Gasteiger partial charge in [0.25, 0.3) is 0 Å². The summed E-state index contributed by atoms with van der Waals surface area (Å²) < 4.78 is 32.1. The second-order valence-corrected chi connectivity index (χ2v) is 7.78. The summed E-state index contributed by atoms with van der Waals surface area (Å²) in [6.07, 6.45) is -0.174. The van der Waals surface area contributed by atoms with Crippen LogP contribution in [-0.4, -0.2) is 38.9 Å². The molecule has 0 radical (unpaired) electrons. The van der Waals surface area contributed by atoms with Crippen LogP contribution in [0.4, 0.5) is 0 Å². The van der Waals surface area contributed by atoms with Crippen LogP contribution in [-0.2, 0) is 19.6 Å². The van der Waals surface area contributed by atoms with E-state index in [2.05, 4.69) is 4.72 Å². The number of ether oxygens (including phenoxy) is 1. The number of hydrogen-bond donors (Lipinski definition) is 2. The molecule has 2 N–H and O–H groups in total. The lowest BCUT2D eigenvalue weighted by Crippen LogP contribution is -2.36. The third-order valence-electron chi connectivity index (χ3n) is 3.48. The first-order valence-electron chi connectivity index (χ1n) is 7.53. The van der Waals surface area contributed by atoms with Gasteiger partial charge in [0.15, 0.2) is 0 Å². The van der Waals surface area contributed by atoms with E-state index in [1.54, 1.807) is 12.1 Å². The molecule has 1 rings (SSSR count). The molecule has 0 heterocycles. The lowest BCUT2D eigenvalue weighted by molar-refractivity contribution is -0.142. The van der Waals surface area contributed by atoms with Crippen molar-refractivity contribution < 1.29 is 23.1 Å². The summed E-state index contributed by atoms with van der Waals surface area (Å²) >= 11 is 0. The summed E-state index contributed by atoms with van der Waals surface area (Å²) in [5.41, 5.74) is 0.761. The number of hydrogen-bond acceptors (Lipinski definition) is 4. The molecule has 0 aliphatic rings. The number of benzene rings is 1. The smallest absolute Gasteiger partial charge is 0.307 e. The molecule has 0 bridgehead atoms. The Bertz CT molecular complexity index is 586. The Morgan fingerprint density at radius 2 is 1.87 bits per heavy atom. The topological polar surface area (TPSA) is 92.7 Å². The minimum absolute atomic E-state index is 0.110. The van der Waals surface area contributed by atoms with Crippen molar-refractivity contribution in [2.24, 2.45) is 11.8 Å². The summed E-state index contributed by atoms with van der Waals surface area (Å²) in [5.74, 6) is -1.80. The summed E-state index contributed by atoms with van der Waals surface area (Å²) in [5, 5.41) is 9.17. The van der Waals surface area contributed by atoms with Gasteiger partial charge in [0, 0.05) is 13.7 Å². The van der Waals surface area contributed by atoms with Crippen LogP contribution in [0.25, 0.3) is 0 Å². The molecule has 0 saturated heterocycles. The fourth-order valence-corrected chi connectivity index (χ4v) is 3.59. The number of sulfonamides is 1. The van der Waals surface area contributed by atoms with Crippen molar-refractivity contribution in [1.29, 1.82) is 0 Å². The number of carboxylic acids is 1. The van der Waals surface area contributed by atoms with Crippen LogP contribution in [0.1, 0.15) is 31.9 Å². The third-order valence-corrected chi connectivity index (χ3v) is 4.83. The number of nitrogens with one attached hydrogen (secondary N) is 1. The zero-order valence-corrected chi connectivity index (χ0v) is 14.5. The van der Waals surface area contributed by atoms with Gasteiger partial charge in [-0.1, -0.05) is 44.2 Å². The van der Waals surface area contributed by atoms with Gasteiger partial charge in [-0.2, -0.15) is 0 Å². The number of carbonyl (C=O) groups is 1. The average molecular weight is 343 g/mol. The standard InChI is InChI=1S/C16H25NO5S/c1-12(2)9-14(16(18)19)10-17-23(20,21)11-15(22-3)13-7-5-4-6-8-13/h4-8,12,14-15,17H,9-11H2,1-3H3,(H,18,19). The summed E-state index contributed by atoms with van der Waals surface area (Å²) in [4.78, 5) is 11.2. The zero-order valence-electron chi connectivity index (χ0n) is 13.7. The Labute approximate surface area is 137 Å². The van der Waals surface area contributed by atoms with Gasteiger partial charge in [-0.3, -0.25) is 4.79 Å². The summed E-state index contributed by atoms with van der Waals surface area (Å²) in [6.45, 7) is 3.70. The van der Waals surface area contributed by atoms with Crippen LogP contribution in [0, 0.1) is 11.8 Å². The molecule has 2 unspecified atom stereocenters. The third kappa shape index (κ3) is 7.11. The molecule has 0 aromatic heterocycles. The fourth-order valence-electron chi connectivity index (χ4n) is 2.29.